The lowest BCUT2D eigenvalue weighted by Crippen LogP contribution is -2.41. The highest BCUT2D eigenvalue weighted by atomic mass is 16.7. The van der Waals surface area contributed by atoms with Crippen molar-refractivity contribution in [3.8, 4) is 0 Å². The van der Waals surface area contributed by atoms with Crippen molar-refractivity contribution in [2.75, 3.05) is 6.61 Å². The summed E-state index contributed by atoms with van der Waals surface area (Å²) in [7, 11) is 0. The van der Waals surface area contributed by atoms with Crippen LogP contribution in [0.15, 0.2) is 12.7 Å². The summed E-state index contributed by atoms with van der Waals surface area (Å²) in [5.41, 5.74) is 0. The molecular formula is C11H16O3. The number of rotatable bonds is 3. The minimum absolute atomic E-state index is 0.110. The molecule has 0 N–H and O–H groups in total. The molecule has 2 atom stereocenters. The van der Waals surface area contributed by atoms with Crippen molar-refractivity contribution >= 4 is 5.97 Å². The Kier molecular flexibility index (Phi) is 2.59. The Hall–Kier alpha value is -0.830. The number of ether oxygens (including phenoxy) is 2. The predicted molar refractivity (Wildman–Crippen MR) is 51.5 cm³/mol. The largest absolute Gasteiger partial charge is 0.433 e. The van der Waals surface area contributed by atoms with Crippen LogP contribution < -0.4 is 0 Å². The summed E-state index contributed by atoms with van der Waals surface area (Å²) in [6.07, 6.45) is 6.38. The summed E-state index contributed by atoms with van der Waals surface area (Å²) in [6.45, 7) is 4.07. The Morgan fingerprint density at radius 3 is 3.29 bits per heavy atom. The highest BCUT2D eigenvalue weighted by molar-refractivity contribution is 5.72. The van der Waals surface area contributed by atoms with Gasteiger partial charge in [-0.3, -0.25) is 4.79 Å². The Morgan fingerprint density at radius 1 is 1.64 bits per heavy atom. The zero-order valence-corrected chi connectivity index (χ0v) is 8.33. The lowest BCUT2D eigenvalue weighted by molar-refractivity contribution is -0.234. The topological polar surface area (TPSA) is 35.5 Å². The Labute approximate surface area is 84.1 Å². The van der Waals surface area contributed by atoms with Crippen LogP contribution in [0.5, 0.6) is 0 Å². The molecule has 1 aliphatic heterocycles. The highest BCUT2D eigenvalue weighted by Gasteiger charge is 2.51. The van der Waals surface area contributed by atoms with E-state index in [1.807, 2.05) is 0 Å². The van der Waals surface area contributed by atoms with Gasteiger partial charge in [-0.05, 0) is 12.8 Å². The van der Waals surface area contributed by atoms with Crippen molar-refractivity contribution in [3.63, 3.8) is 0 Å². The van der Waals surface area contributed by atoms with E-state index >= 15 is 0 Å². The Balaban J connectivity index is 2.10. The standard InChI is InChI=1S/C11H16O3/c1-2-7-13-11-6-4-3-5-9(11)8-10(12)14-11/h2,9H,1,3-8H2. The van der Waals surface area contributed by atoms with Gasteiger partial charge in [-0.2, -0.15) is 0 Å². The van der Waals surface area contributed by atoms with E-state index in [0.29, 0.717) is 13.0 Å². The van der Waals surface area contributed by atoms with Gasteiger partial charge in [-0.15, -0.1) is 6.58 Å². The van der Waals surface area contributed by atoms with E-state index in [2.05, 4.69) is 6.58 Å². The molecule has 1 heterocycles. The molecule has 0 bridgehead atoms. The maximum absolute atomic E-state index is 11.2. The number of hydrogen-bond acceptors (Lipinski definition) is 3. The van der Waals surface area contributed by atoms with Crippen LogP contribution in [0, 0.1) is 5.92 Å². The average molecular weight is 196 g/mol. The fraction of sp³-hybridized carbons (Fsp3) is 0.727. The van der Waals surface area contributed by atoms with Crippen LogP contribution in [0.25, 0.3) is 0 Å². The third-order valence-corrected chi connectivity index (χ3v) is 3.10. The van der Waals surface area contributed by atoms with Crippen molar-refractivity contribution in [1.29, 1.82) is 0 Å². The fourth-order valence-electron chi connectivity index (χ4n) is 2.43. The molecule has 14 heavy (non-hydrogen) atoms. The van der Waals surface area contributed by atoms with E-state index in [9.17, 15) is 4.79 Å². The molecule has 0 amide bonds. The van der Waals surface area contributed by atoms with E-state index in [-0.39, 0.29) is 11.9 Å². The normalized spacial score (nSPS) is 36.3. The van der Waals surface area contributed by atoms with Crippen LogP contribution in [0.3, 0.4) is 0 Å². The quantitative estimate of drug-likeness (QED) is 0.511. The minimum Gasteiger partial charge on any atom is -0.433 e. The van der Waals surface area contributed by atoms with Crippen molar-refractivity contribution in [3.05, 3.63) is 12.7 Å². The van der Waals surface area contributed by atoms with Gasteiger partial charge in [0.2, 0.25) is 5.79 Å². The van der Waals surface area contributed by atoms with Crippen LogP contribution in [0.1, 0.15) is 32.1 Å². The molecule has 3 nitrogen and oxygen atoms in total. The molecule has 2 unspecified atom stereocenters. The maximum Gasteiger partial charge on any atom is 0.308 e. The number of hydrogen-bond donors (Lipinski definition) is 0. The van der Waals surface area contributed by atoms with Gasteiger partial charge in [0.15, 0.2) is 0 Å². The van der Waals surface area contributed by atoms with Gasteiger partial charge >= 0.3 is 5.97 Å². The van der Waals surface area contributed by atoms with E-state index < -0.39 is 5.79 Å². The van der Waals surface area contributed by atoms with Crippen molar-refractivity contribution < 1.29 is 14.3 Å². The molecule has 2 rings (SSSR count). The smallest absolute Gasteiger partial charge is 0.308 e. The molecule has 2 fully saturated rings. The first kappa shape index (κ1) is 9.71. The number of carbonyl (C=O) groups is 1. The molecule has 0 radical (unpaired) electrons. The zero-order chi connectivity index (χ0) is 10.0. The molecule has 0 spiro atoms. The van der Waals surface area contributed by atoms with E-state index in [0.717, 1.165) is 19.3 Å². The van der Waals surface area contributed by atoms with Crippen molar-refractivity contribution in [2.45, 2.75) is 37.9 Å². The van der Waals surface area contributed by atoms with Gasteiger partial charge < -0.3 is 9.47 Å². The van der Waals surface area contributed by atoms with Crippen molar-refractivity contribution in [1.82, 2.24) is 0 Å². The summed E-state index contributed by atoms with van der Waals surface area (Å²) < 4.78 is 11.0. The third-order valence-electron chi connectivity index (χ3n) is 3.10. The number of fused-ring (bicyclic) bond motifs is 1. The van der Waals surface area contributed by atoms with E-state index in [1.165, 1.54) is 6.42 Å². The first-order valence-corrected chi connectivity index (χ1v) is 5.23. The molecule has 3 heteroatoms. The zero-order valence-electron chi connectivity index (χ0n) is 8.33. The fourth-order valence-corrected chi connectivity index (χ4v) is 2.43. The van der Waals surface area contributed by atoms with Gasteiger partial charge in [0.1, 0.15) is 0 Å². The average Bonchev–Trinajstić information content (AvgIpc) is 2.51. The predicted octanol–water partition coefficient (Wildman–Crippen LogP) is 2.02. The van der Waals surface area contributed by atoms with Crippen LogP contribution >= 0.6 is 0 Å². The lowest BCUT2D eigenvalue weighted by atomic mass is 9.83. The number of carbonyl (C=O) groups excluding carboxylic acids is 1. The summed E-state index contributed by atoms with van der Waals surface area (Å²) in [5.74, 6) is -0.451. The second kappa shape index (κ2) is 3.73. The molecular weight excluding hydrogens is 180 g/mol. The van der Waals surface area contributed by atoms with E-state index in [4.69, 9.17) is 9.47 Å². The van der Waals surface area contributed by atoms with Gasteiger partial charge in [0, 0.05) is 12.3 Å². The molecule has 1 saturated carbocycles. The van der Waals surface area contributed by atoms with Gasteiger partial charge in [-0.1, -0.05) is 12.5 Å². The first-order chi connectivity index (χ1) is 6.77. The van der Waals surface area contributed by atoms with Crippen LogP contribution in [0.4, 0.5) is 0 Å². The lowest BCUT2D eigenvalue weighted by Gasteiger charge is -2.36. The summed E-state index contributed by atoms with van der Waals surface area (Å²) in [5, 5.41) is 0. The van der Waals surface area contributed by atoms with Crippen LogP contribution in [-0.2, 0) is 14.3 Å². The first-order valence-electron chi connectivity index (χ1n) is 5.23. The summed E-state index contributed by atoms with van der Waals surface area (Å²) in [6, 6.07) is 0. The number of esters is 1. The molecule has 0 aromatic rings. The Bertz CT molecular complexity index is 249. The Morgan fingerprint density at radius 2 is 2.50 bits per heavy atom. The maximum atomic E-state index is 11.2. The summed E-state index contributed by atoms with van der Waals surface area (Å²) >= 11 is 0. The third kappa shape index (κ3) is 1.57. The van der Waals surface area contributed by atoms with Gasteiger partial charge in [0.25, 0.3) is 0 Å². The molecule has 0 aromatic carbocycles. The molecule has 0 aromatic heterocycles. The van der Waals surface area contributed by atoms with Crippen LogP contribution in [0.2, 0.25) is 0 Å². The minimum atomic E-state index is -0.608. The second-order valence-corrected chi connectivity index (χ2v) is 4.03. The molecule has 78 valence electrons. The van der Waals surface area contributed by atoms with Crippen molar-refractivity contribution in [2.24, 2.45) is 5.92 Å². The van der Waals surface area contributed by atoms with Gasteiger partial charge in [-0.25, -0.2) is 0 Å². The summed E-state index contributed by atoms with van der Waals surface area (Å²) in [4.78, 5) is 11.2. The molecule has 1 aliphatic carbocycles. The molecule has 2 aliphatic rings. The second-order valence-electron chi connectivity index (χ2n) is 4.03. The monoisotopic (exact) mass is 196 g/mol. The molecule has 1 saturated heterocycles. The van der Waals surface area contributed by atoms with Gasteiger partial charge in [0.05, 0.1) is 13.0 Å². The highest BCUT2D eigenvalue weighted by Crippen LogP contribution is 2.44. The van der Waals surface area contributed by atoms with E-state index in [1.54, 1.807) is 6.08 Å². The SMILES string of the molecule is C=CCOC12CCCCC1CC(=O)O2. The van der Waals surface area contributed by atoms with Crippen LogP contribution in [-0.4, -0.2) is 18.4 Å².